The molecule has 0 amide bonds. The zero-order valence-corrected chi connectivity index (χ0v) is 11.9. The Morgan fingerprint density at radius 2 is 2.05 bits per heavy atom. The Morgan fingerprint density at radius 1 is 1.24 bits per heavy atom. The molecule has 2 N–H and O–H groups in total. The van der Waals surface area contributed by atoms with Crippen molar-refractivity contribution in [1.29, 1.82) is 0 Å². The Hall–Kier alpha value is -2.21. The molecular weight excluding hydrogens is 291 g/mol. The van der Waals surface area contributed by atoms with Crippen molar-refractivity contribution in [3.8, 4) is 0 Å². The van der Waals surface area contributed by atoms with Crippen LogP contribution in [-0.4, -0.2) is 10.3 Å². The maximum atomic E-state index is 13.2. The number of aromatic nitrogens is 1. The van der Waals surface area contributed by atoms with Gasteiger partial charge in [0.05, 0.1) is 5.52 Å². The minimum atomic E-state index is -0.379. The molecule has 0 fully saturated rings. The number of thioether (sulfide) groups is 1. The summed E-state index contributed by atoms with van der Waals surface area (Å²) >= 11 is 1.44. The fourth-order valence-electron chi connectivity index (χ4n) is 2.15. The van der Waals surface area contributed by atoms with Gasteiger partial charge >= 0.3 is 5.76 Å². The third kappa shape index (κ3) is 2.95. The van der Waals surface area contributed by atoms with Gasteiger partial charge in [-0.15, -0.1) is 11.8 Å². The second-order valence-corrected chi connectivity index (χ2v) is 5.72. The summed E-state index contributed by atoms with van der Waals surface area (Å²) in [5, 5.41) is 0. The fourth-order valence-corrected chi connectivity index (χ4v) is 3.07. The molecule has 21 heavy (non-hydrogen) atoms. The first-order valence-electron chi connectivity index (χ1n) is 6.41. The Morgan fingerprint density at radius 3 is 2.86 bits per heavy atom. The molecular formula is C15H13FN2O2S. The van der Waals surface area contributed by atoms with Gasteiger partial charge < -0.3 is 10.2 Å². The van der Waals surface area contributed by atoms with Crippen molar-refractivity contribution < 1.29 is 8.81 Å². The number of benzene rings is 2. The van der Waals surface area contributed by atoms with Gasteiger partial charge in [-0.3, -0.25) is 4.57 Å². The van der Waals surface area contributed by atoms with E-state index in [1.165, 1.54) is 23.9 Å². The Labute approximate surface area is 124 Å². The van der Waals surface area contributed by atoms with Crippen LogP contribution >= 0.6 is 11.8 Å². The summed E-state index contributed by atoms with van der Waals surface area (Å²) in [5.41, 5.74) is 7.33. The number of oxazole rings is 1. The molecule has 0 radical (unpaired) electrons. The van der Waals surface area contributed by atoms with E-state index in [1.54, 1.807) is 16.7 Å². The number of nitrogens with zero attached hydrogens (tertiary/aromatic N) is 1. The number of anilines is 1. The third-order valence-electron chi connectivity index (χ3n) is 3.05. The SMILES string of the molecule is Nc1cc(F)cc(SCCn2c(=O)oc3ccccc32)c1. The number of rotatable bonds is 4. The smallest absolute Gasteiger partial charge is 0.408 e. The summed E-state index contributed by atoms with van der Waals surface area (Å²) < 4.78 is 20.0. The summed E-state index contributed by atoms with van der Waals surface area (Å²) in [6.07, 6.45) is 0. The molecule has 0 atom stereocenters. The topological polar surface area (TPSA) is 61.2 Å². The molecule has 0 spiro atoms. The molecule has 108 valence electrons. The zero-order chi connectivity index (χ0) is 14.8. The fraction of sp³-hybridized carbons (Fsp3) is 0.133. The molecule has 0 unspecified atom stereocenters. The van der Waals surface area contributed by atoms with Crippen LogP contribution in [0.5, 0.6) is 0 Å². The van der Waals surface area contributed by atoms with Crippen molar-refractivity contribution in [2.24, 2.45) is 0 Å². The van der Waals surface area contributed by atoms with Gasteiger partial charge in [-0.05, 0) is 30.3 Å². The van der Waals surface area contributed by atoms with Crippen molar-refractivity contribution in [2.75, 3.05) is 11.5 Å². The minimum Gasteiger partial charge on any atom is -0.408 e. The van der Waals surface area contributed by atoms with Crippen LogP contribution in [-0.2, 0) is 6.54 Å². The largest absolute Gasteiger partial charge is 0.419 e. The average molecular weight is 304 g/mol. The zero-order valence-electron chi connectivity index (χ0n) is 11.1. The molecule has 3 rings (SSSR count). The number of para-hydroxylation sites is 2. The van der Waals surface area contributed by atoms with Gasteiger partial charge in [-0.1, -0.05) is 12.1 Å². The van der Waals surface area contributed by atoms with Crippen molar-refractivity contribution in [3.05, 3.63) is 58.8 Å². The highest BCUT2D eigenvalue weighted by Crippen LogP contribution is 2.22. The molecule has 3 aromatic rings. The molecule has 0 saturated carbocycles. The van der Waals surface area contributed by atoms with Crippen LogP contribution in [0.2, 0.25) is 0 Å². The van der Waals surface area contributed by atoms with Gasteiger partial charge in [0.25, 0.3) is 0 Å². The van der Waals surface area contributed by atoms with E-state index in [0.29, 0.717) is 23.6 Å². The first-order chi connectivity index (χ1) is 10.1. The molecule has 6 heteroatoms. The van der Waals surface area contributed by atoms with Crippen molar-refractivity contribution in [1.82, 2.24) is 4.57 Å². The Balaban J connectivity index is 1.75. The normalized spacial score (nSPS) is 11.1. The maximum absolute atomic E-state index is 13.2. The van der Waals surface area contributed by atoms with Gasteiger partial charge in [0.2, 0.25) is 0 Å². The summed E-state index contributed by atoms with van der Waals surface area (Å²) in [6.45, 7) is 0.483. The van der Waals surface area contributed by atoms with Crippen molar-refractivity contribution in [3.63, 3.8) is 0 Å². The van der Waals surface area contributed by atoms with Crippen LogP contribution < -0.4 is 11.5 Å². The van der Waals surface area contributed by atoms with Gasteiger partial charge in [0.1, 0.15) is 5.82 Å². The first-order valence-corrected chi connectivity index (χ1v) is 7.39. The van der Waals surface area contributed by atoms with Gasteiger partial charge in [-0.2, -0.15) is 0 Å². The van der Waals surface area contributed by atoms with Gasteiger partial charge in [0.15, 0.2) is 5.58 Å². The second kappa shape index (κ2) is 5.65. The molecule has 0 aliphatic rings. The summed E-state index contributed by atoms with van der Waals surface area (Å²) in [4.78, 5) is 12.5. The number of hydrogen-bond acceptors (Lipinski definition) is 4. The average Bonchev–Trinajstić information content (AvgIpc) is 2.74. The number of aryl methyl sites for hydroxylation is 1. The van der Waals surface area contributed by atoms with Crippen molar-refractivity contribution >= 4 is 28.5 Å². The van der Waals surface area contributed by atoms with Crippen LogP contribution in [0.4, 0.5) is 10.1 Å². The predicted molar refractivity (Wildman–Crippen MR) is 82.0 cm³/mol. The van der Waals surface area contributed by atoms with Crippen LogP contribution in [0, 0.1) is 5.82 Å². The molecule has 0 aliphatic heterocycles. The molecule has 2 aromatic carbocycles. The molecule has 1 heterocycles. The molecule has 1 aromatic heterocycles. The highest BCUT2D eigenvalue weighted by molar-refractivity contribution is 7.99. The van der Waals surface area contributed by atoms with Crippen LogP contribution in [0.25, 0.3) is 11.1 Å². The number of nitrogens with two attached hydrogens (primary N) is 1. The lowest BCUT2D eigenvalue weighted by atomic mass is 10.3. The lowest BCUT2D eigenvalue weighted by Crippen LogP contribution is -2.15. The molecule has 0 bridgehead atoms. The number of fused-ring (bicyclic) bond motifs is 1. The van der Waals surface area contributed by atoms with Gasteiger partial charge in [0, 0.05) is 22.9 Å². The second-order valence-electron chi connectivity index (χ2n) is 4.56. The monoisotopic (exact) mass is 304 g/mol. The maximum Gasteiger partial charge on any atom is 0.419 e. The Kier molecular flexibility index (Phi) is 3.70. The highest BCUT2D eigenvalue weighted by Gasteiger charge is 2.08. The van der Waals surface area contributed by atoms with Gasteiger partial charge in [-0.25, -0.2) is 9.18 Å². The van der Waals surface area contributed by atoms with Crippen LogP contribution in [0.15, 0.2) is 56.6 Å². The van der Waals surface area contributed by atoms with Crippen LogP contribution in [0.1, 0.15) is 0 Å². The van der Waals surface area contributed by atoms with E-state index in [-0.39, 0.29) is 11.6 Å². The number of nitrogen functional groups attached to an aromatic ring is 1. The quantitative estimate of drug-likeness (QED) is 0.594. The lowest BCUT2D eigenvalue weighted by molar-refractivity contribution is 0.514. The molecule has 0 aliphatic carbocycles. The van der Waals surface area contributed by atoms with Crippen molar-refractivity contribution in [2.45, 2.75) is 11.4 Å². The first kappa shape index (κ1) is 13.8. The van der Waals surface area contributed by atoms with E-state index >= 15 is 0 Å². The summed E-state index contributed by atoms with van der Waals surface area (Å²) in [5.74, 6) is -0.120. The van der Waals surface area contributed by atoms with Crippen LogP contribution in [0.3, 0.4) is 0 Å². The summed E-state index contributed by atoms with van der Waals surface area (Å²) in [6, 6.07) is 11.7. The van der Waals surface area contributed by atoms with E-state index in [0.717, 1.165) is 10.4 Å². The molecule has 0 saturated heterocycles. The predicted octanol–water partition coefficient (Wildman–Crippen LogP) is 3.11. The highest BCUT2D eigenvalue weighted by atomic mass is 32.2. The number of hydrogen-bond donors (Lipinski definition) is 1. The van der Waals surface area contributed by atoms with E-state index in [1.807, 2.05) is 18.2 Å². The third-order valence-corrected chi connectivity index (χ3v) is 4.01. The van der Waals surface area contributed by atoms with E-state index in [9.17, 15) is 9.18 Å². The van der Waals surface area contributed by atoms with E-state index in [2.05, 4.69) is 0 Å². The molecule has 4 nitrogen and oxygen atoms in total. The minimum absolute atomic E-state index is 0.358. The number of halogens is 1. The standard InChI is InChI=1S/C15H13FN2O2S/c16-10-7-11(17)9-12(8-10)21-6-5-18-13-3-1-2-4-14(13)20-15(18)19/h1-4,7-9H,5-6,17H2. The van der Waals surface area contributed by atoms with E-state index < -0.39 is 0 Å². The lowest BCUT2D eigenvalue weighted by Gasteiger charge is -2.04. The Bertz CT molecular complexity index is 821. The summed E-state index contributed by atoms with van der Waals surface area (Å²) in [7, 11) is 0. The van der Waals surface area contributed by atoms with E-state index in [4.69, 9.17) is 10.2 Å².